The van der Waals surface area contributed by atoms with Crippen molar-refractivity contribution in [3.63, 3.8) is 0 Å². The lowest BCUT2D eigenvalue weighted by molar-refractivity contribution is -0.134. The Kier molecular flexibility index (Phi) is 4.53. The molecule has 90 valence electrons. The van der Waals surface area contributed by atoms with Crippen molar-refractivity contribution in [3.8, 4) is 11.8 Å². The summed E-state index contributed by atoms with van der Waals surface area (Å²) < 4.78 is 5.21. The van der Waals surface area contributed by atoms with Crippen LogP contribution in [0, 0.1) is 25.2 Å². The fourth-order valence-electron chi connectivity index (χ4n) is 1.42. The first-order valence-electron chi connectivity index (χ1n) is 5.21. The second kappa shape index (κ2) is 5.69. The zero-order valence-corrected chi connectivity index (χ0v) is 11.1. The molecular weight excluding hydrogens is 236 g/mol. The van der Waals surface area contributed by atoms with Crippen molar-refractivity contribution in [2.45, 2.75) is 32.2 Å². The van der Waals surface area contributed by atoms with Gasteiger partial charge in [0.1, 0.15) is 11.1 Å². The molecule has 0 radical (unpaired) electrons. The average Bonchev–Trinajstić information content (AvgIpc) is 2.33. The van der Waals surface area contributed by atoms with E-state index in [2.05, 4.69) is 11.1 Å². The summed E-state index contributed by atoms with van der Waals surface area (Å²) in [6, 6.07) is 2.10. The Balaban J connectivity index is 3.33. The van der Waals surface area contributed by atoms with E-state index < -0.39 is 0 Å². The summed E-state index contributed by atoms with van der Waals surface area (Å²) in [4.78, 5) is 15.6. The van der Waals surface area contributed by atoms with E-state index in [1.165, 1.54) is 11.8 Å². The molecule has 0 amide bonds. The van der Waals surface area contributed by atoms with Gasteiger partial charge in [-0.05, 0) is 20.1 Å². The van der Waals surface area contributed by atoms with Gasteiger partial charge in [-0.2, -0.15) is 5.26 Å². The number of carbonyl (C=O) groups is 1. The highest BCUT2D eigenvalue weighted by Gasteiger charge is 2.17. The van der Waals surface area contributed by atoms with E-state index in [1.807, 2.05) is 6.26 Å². The number of nitriles is 1. The van der Waals surface area contributed by atoms with E-state index in [0.717, 1.165) is 0 Å². The minimum atomic E-state index is -0.321. The zero-order valence-electron chi connectivity index (χ0n) is 10.3. The lowest BCUT2D eigenvalue weighted by Gasteiger charge is -2.12. The molecule has 0 spiro atoms. The molecule has 0 bridgehead atoms. The first-order chi connectivity index (χ1) is 8.04. The van der Waals surface area contributed by atoms with Gasteiger partial charge < -0.3 is 4.74 Å². The second-order valence-corrected chi connectivity index (χ2v) is 4.27. The quantitative estimate of drug-likeness (QED) is 0.609. The van der Waals surface area contributed by atoms with Gasteiger partial charge in [-0.1, -0.05) is 6.92 Å². The summed E-state index contributed by atoms with van der Waals surface area (Å²) in [5.74, 6) is 0.0880. The molecule has 0 N–H and O–H groups in total. The molecule has 1 aromatic rings. The number of pyridine rings is 1. The highest BCUT2D eigenvalue weighted by Crippen LogP contribution is 2.30. The number of carbonyl (C=O) groups excluding carboxylic acids is 1. The van der Waals surface area contributed by atoms with Crippen molar-refractivity contribution < 1.29 is 9.53 Å². The molecule has 0 saturated heterocycles. The smallest absolute Gasteiger partial charge is 0.310 e. The second-order valence-electron chi connectivity index (χ2n) is 3.48. The molecule has 1 aromatic heterocycles. The topological polar surface area (TPSA) is 63.0 Å². The van der Waals surface area contributed by atoms with Crippen molar-refractivity contribution in [3.05, 3.63) is 16.8 Å². The Hall–Kier alpha value is -1.54. The van der Waals surface area contributed by atoms with Crippen LogP contribution in [0.4, 0.5) is 0 Å². The predicted molar refractivity (Wildman–Crippen MR) is 66.1 cm³/mol. The number of hydrogen-bond acceptors (Lipinski definition) is 5. The minimum absolute atomic E-state index is 0.297. The molecule has 0 fully saturated rings. The lowest BCUT2D eigenvalue weighted by Crippen LogP contribution is -2.10. The van der Waals surface area contributed by atoms with Crippen molar-refractivity contribution in [2.75, 3.05) is 6.26 Å². The highest BCUT2D eigenvalue weighted by molar-refractivity contribution is 7.98. The van der Waals surface area contributed by atoms with Gasteiger partial charge in [-0.15, -0.1) is 11.8 Å². The SMILES string of the molecule is CCC(=O)Oc1c(C)nc(SC)c(C#N)c1C. The van der Waals surface area contributed by atoms with Crippen LogP contribution >= 0.6 is 11.8 Å². The molecule has 1 rings (SSSR count). The molecule has 4 nitrogen and oxygen atoms in total. The molecule has 0 unspecified atom stereocenters. The van der Waals surface area contributed by atoms with E-state index in [9.17, 15) is 4.79 Å². The Bertz CT molecular complexity index is 492. The number of rotatable bonds is 3. The van der Waals surface area contributed by atoms with Crippen LogP contribution in [0.15, 0.2) is 5.03 Å². The maximum Gasteiger partial charge on any atom is 0.310 e. The number of nitrogens with zero attached hydrogens (tertiary/aromatic N) is 2. The van der Waals surface area contributed by atoms with Crippen LogP contribution in [0.2, 0.25) is 0 Å². The lowest BCUT2D eigenvalue weighted by atomic mass is 10.1. The number of thioether (sulfide) groups is 1. The molecule has 5 heteroatoms. The van der Waals surface area contributed by atoms with Crippen molar-refractivity contribution in [1.82, 2.24) is 4.98 Å². The monoisotopic (exact) mass is 250 g/mol. The fourth-order valence-corrected chi connectivity index (χ4v) is 2.05. The van der Waals surface area contributed by atoms with Crippen LogP contribution < -0.4 is 4.74 Å². The van der Waals surface area contributed by atoms with Crippen LogP contribution in [-0.4, -0.2) is 17.2 Å². The van der Waals surface area contributed by atoms with Crippen LogP contribution in [0.5, 0.6) is 5.75 Å². The summed E-state index contributed by atoms with van der Waals surface area (Å²) in [6.07, 6.45) is 2.16. The Labute approximate surface area is 105 Å². The number of ether oxygens (including phenoxy) is 1. The summed E-state index contributed by atoms with van der Waals surface area (Å²) in [7, 11) is 0. The average molecular weight is 250 g/mol. The van der Waals surface area contributed by atoms with E-state index in [-0.39, 0.29) is 5.97 Å². The molecule has 0 saturated carbocycles. The fraction of sp³-hybridized carbons (Fsp3) is 0.417. The summed E-state index contributed by atoms with van der Waals surface area (Å²) >= 11 is 1.41. The van der Waals surface area contributed by atoms with E-state index in [1.54, 1.807) is 20.8 Å². The van der Waals surface area contributed by atoms with Crippen molar-refractivity contribution in [1.29, 1.82) is 5.26 Å². The molecule has 0 aromatic carbocycles. The van der Waals surface area contributed by atoms with Crippen LogP contribution in [0.1, 0.15) is 30.2 Å². The molecule has 0 aliphatic heterocycles. The van der Waals surface area contributed by atoms with Gasteiger partial charge >= 0.3 is 5.97 Å². The third-order valence-corrected chi connectivity index (χ3v) is 3.02. The molecule has 17 heavy (non-hydrogen) atoms. The normalized spacial score (nSPS) is 9.82. The number of esters is 1. The standard InChI is InChI=1S/C12H14N2O2S/c1-5-10(15)16-11-7(2)9(6-13)12(17-4)14-8(11)3/h5H2,1-4H3. The van der Waals surface area contributed by atoms with Gasteiger partial charge in [0, 0.05) is 12.0 Å². The summed E-state index contributed by atoms with van der Waals surface area (Å²) in [5, 5.41) is 9.76. The van der Waals surface area contributed by atoms with Gasteiger partial charge in [0.2, 0.25) is 0 Å². The number of aryl methyl sites for hydroxylation is 1. The van der Waals surface area contributed by atoms with E-state index in [4.69, 9.17) is 10.00 Å². The van der Waals surface area contributed by atoms with Gasteiger partial charge in [-0.3, -0.25) is 4.79 Å². The largest absolute Gasteiger partial charge is 0.424 e. The van der Waals surface area contributed by atoms with Gasteiger partial charge in [0.25, 0.3) is 0 Å². The third-order valence-electron chi connectivity index (χ3n) is 2.34. The minimum Gasteiger partial charge on any atom is -0.424 e. The molecule has 0 aliphatic carbocycles. The van der Waals surface area contributed by atoms with E-state index >= 15 is 0 Å². The van der Waals surface area contributed by atoms with Crippen LogP contribution in [-0.2, 0) is 4.79 Å². The molecule has 0 aliphatic rings. The summed E-state index contributed by atoms with van der Waals surface area (Å²) in [5.41, 5.74) is 1.78. The Morgan fingerprint density at radius 2 is 2.18 bits per heavy atom. The predicted octanol–water partition coefficient (Wildman–Crippen LogP) is 2.61. The van der Waals surface area contributed by atoms with Gasteiger partial charge in [0.05, 0.1) is 11.3 Å². The van der Waals surface area contributed by atoms with Gasteiger partial charge in [0.15, 0.2) is 5.75 Å². The third kappa shape index (κ3) is 2.77. The van der Waals surface area contributed by atoms with E-state index in [0.29, 0.717) is 34.0 Å². The summed E-state index contributed by atoms with van der Waals surface area (Å²) in [6.45, 7) is 5.26. The number of hydrogen-bond donors (Lipinski definition) is 0. The molecule has 1 heterocycles. The first kappa shape index (κ1) is 13.5. The van der Waals surface area contributed by atoms with Crippen molar-refractivity contribution in [2.24, 2.45) is 0 Å². The Morgan fingerprint density at radius 1 is 1.53 bits per heavy atom. The van der Waals surface area contributed by atoms with Crippen LogP contribution in [0.3, 0.4) is 0 Å². The van der Waals surface area contributed by atoms with Crippen LogP contribution in [0.25, 0.3) is 0 Å². The molecular formula is C12H14N2O2S. The zero-order chi connectivity index (χ0) is 13.0. The molecule has 0 atom stereocenters. The first-order valence-corrected chi connectivity index (χ1v) is 6.43. The maximum absolute atomic E-state index is 11.3. The number of aromatic nitrogens is 1. The highest BCUT2D eigenvalue weighted by atomic mass is 32.2. The maximum atomic E-state index is 11.3. The Morgan fingerprint density at radius 3 is 2.65 bits per heavy atom. The van der Waals surface area contributed by atoms with Gasteiger partial charge in [-0.25, -0.2) is 4.98 Å². The van der Waals surface area contributed by atoms with Crippen molar-refractivity contribution >= 4 is 17.7 Å².